The molecule has 6 N–H and O–H groups in total. The summed E-state index contributed by atoms with van der Waals surface area (Å²) in [5.41, 5.74) is 9.11. The van der Waals surface area contributed by atoms with Crippen molar-refractivity contribution in [3.8, 4) is 28.4 Å². The number of para-hydroxylation sites is 1. The van der Waals surface area contributed by atoms with Crippen LogP contribution in [-0.4, -0.2) is 32.9 Å². The van der Waals surface area contributed by atoms with E-state index in [2.05, 4.69) is 0 Å². The van der Waals surface area contributed by atoms with E-state index in [1.54, 1.807) is 38.3 Å². The second kappa shape index (κ2) is 9.92. The first-order valence-electron chi connectivity index (χ1n) is 10.7. The van der Waals surface area contributed by atoms with Gasteiger partial charge in [0.1, 0.15) is 5.75 Å². The summed E-state index contributed by atoms with van der Waals surface area (Å²) >= 11 is 0. The summed E-state index contributed by atoms with van der Waals surface area (Å²) in [6.45, 7) is 3.23. The maximum atomic E-state index is 12.9. The van der Waals surface area contributed by atoms with Crippen LogP contribution in [0.1, 0.15) is 35.3 Å². The predicted molar refractivity (Wildman–Crippen MR) is 132 cm³/mol. The summed E-state index contributed by atoms with van der Waals surface area (Å²) in [6, 6.07) is 11.8. The smallest absolute Gasteiger partial charge is 0.239 e. The van der Waals surface area contributed by atoms with Gasteiger partial charge in [0.2, 0.25) is 10.0 Å². The number of aliphatic hydroxyl groups is 1. The normalized spacial score (nSPS) is 12.4. The van der Waals surface area contributed by atoms with Gasteiger partial charge in [-0.25, -0.2) is 13.6 Å². The molecule has 0 amide bonds. The van der Waals surface area contributed by atoms with E-state index in [1.165, 1.54) is 20.1 Å². The standard InChI is InChI=1S/C25H30N2O6S/c1-14-22(15(2)28)23(17-7-5-6-8-19(17)29)25(34(27,30)31)18(24(14)26)11-9-16-10-12-20(32-3)21(13-16)33-4/h5-8,10,12-13,15,28-29H,9,11,26H2,1-4H3,(H2,27,30,31). The fraction of sp³-hybridized carbons (Fsp3) is 0.280. The van der Waals surface area contributed by atoms with Crippen molar-refractivity contribution in [1.29, 1.82) is 0 Å². The van der Waals surface area contributed by atoms with Crippen molar-refractivity contribution in [3.05, 3.63) is 64.7 Å². The predicted octanol–water partition coefficient (Wildman–Crippen LogP) is 3.45. The summed E-state index contributed by atoms with van der Waals surface area (Å²) in [5.74, 6) is 0.995. The van der Waals surface area contributed by atoms with Crippen LogP contribution >= 0.6 is 0 Å². The number of nitrogen functional groups attached to an aromatic ring is 1. The number of benzene rings is 3. The Morgan fingerprint density at radius 3 is 2.24 bits per heavy atom. The largest absolute Gasteiger partial charge is 0.507 e. The molecule has 1 atom stereocenters. The van der Waals surface area contributed by atoms with E-state index in [0.29, 0.717) is 34.6 Å². The van der Waals surface area contributed by atoms with Gasteiger partial charge < -0.3 is 25.4 Å². The molecule has 1 unspecified atom stereocenters. The molecule has 3 rings (SSSR count). The fourth-order valence-electron chi connectivity index (χ4n) is 4.30. The van der Waals surface area contributed by atoms with Gasteiger partial charge in [0.25, 0.3) is 0 Å². The number of phenolic OH excluding ortho intramolecular Hbond substituents is 1. The average molecular weight is 487 g/mol. The molecule has 3 aromatic carbocycles. The van der Waals surface area contributed by atoms with Crippen LogP contribution in [0.4, 0.5) is 5.69 Å². The average Bonchev–Trinajstić information content (AvgIpc) is 2.78. The number of ether oxygens (including phenoxy) is 2. The highest BCUT2D eigenvalue weighted by Crippen LogP contribution is 2.45. The van der Waals surface area contributed by atoms with Crippen molar-refractivity contribution in [2.45, 2.75) is 37.7 Å². The molecule has 0 bridgehead atoms. The van der Waals surface area contributed by atoms with E-state index in [-0.39, 0.29) is 33.9 Å². The topological polar surface area (TPSA) is 145 Å². The van der Waals surface area contributed by atoms with E-state index in [1.807, 2.05) is 12.1 Å². The van der Waals surface area contributed by atoms with E-state index >= 15 is 0 Å². The zero-order valence-electron chi connectivity index (χ0n) is 19.6. The highest BCUT2D eigenvalue weighted by Gasteiger charge is 2.30. The van der Waals surface area contributed by atoms with Gasteiger partial charge in [-0.05, 0) is 67.1 Å². The maximum Gasteiger partial charge on any atom is 0.239 e. The lowest BCUT2D eigenvalue weighted by molar-refractivity contribution is 0.199. The number of primary sulfonamides is 1. The minimum Gasteiger partial charge on any atom is -0.507 e. The van der Waals surface area contributed by atoms with Gasteiger partial charge in [-0.3, -0.25) is 0 Å². The van der Waals surface area contributed by atoms with Gasteiger partial charge in [0.15, 0.2) is 11.5 Å². The Hall–Kier alpha value is -3.27. The number of anilines is 1. The van der Waals surface area contributed by atoms with E-state index in [0.717, 1.165) is 5.56 Å². The Balaban J connectivity index is 2.27. The molecule has 8 nitrogen and oxygen atoms in total. The number of nitrogens with two attached hydrogens (primary N) is 2. The quantitative estimate of drug-likeness (QED) is 0.357. The van der Waals surface area contributed by atoms with Gasteiger partial charge in [0, 0.05) is 16.8 Å². The van der Waals surface area contributed by atoms with Crippen molar-refractivity contribution in [2.75, 3.05) is 20.0 Å². The number of aliphatic hydroxyl groups excluding tert-OH is 1. The van der Waals surface area contributed by atoms with E-state index < -0.39 is 16.1 Å². The highest BCUT2D eigenvalue weighted by atomic mass is 32.2. The molecule has 3 aromatic rings. The molecule has 0 aliphatic heterocycles. The number of aryl methyl sites for hydroxylation is 1. The second-order valence-corrected chi connectivity index (χ2v) is 9.56. The highest BCUT2D eigenvalue weighted by molar-refractivity contribution is 7.89. The number of methoxy groups -OCH3 is 2. The zero-order chi connectivity index (χ0) is 25.2. The Morgan fingerprint density at radius 1 is 1.03 bits per heavy atom. The van der Waals surface area contributed by atoms with Gasteiger partial charge in [0.05, 0.1) is 25.2 Å². The molecule has 34 heavy (non-hydrogen) atoms. The number of sulfonamides is 1. The zero-order valence-corrected chi connectivity index (χ0v) is 20.4. The second-order valence-electron chi connectivity index (χ2n) is 8.06. The molecule has 0 fully saturated rings. The van der Waals surface area contributed by atoms with Gasteiger partial charge >= 0.3 is 0 Å². The number of hydrogen-bond donors (Lipinski definition) is 4. The summed E-state index contributed by atoms with van der Waals surface area (Å²) in [6.07, 6.45) is -0.382. The fourth-order valence-corrected chi connectivity index (χ4v) is 5.36. The van der Waals surface area contributed by atoms with Crippen LogP contribution in [0.3, 0.4) is 0 Å². The van der Waals surface area contributed by atoms with Crippen molar-refractivity contribution in [3.63, 3.8) is 0 Å². The first kappa shape index (κ1) is 25.4. The first-order chi connectivity index (χ1) is 16.0. The molecule has 0 aromatic heterocycles. The van der Waals surface area contributed by atoms with Crippen LogP contribution in [0.25, 0.3) is 11.1 Å². The van der Waals surface area contributed by atoms with Crippen LogP contribution < -0.4 is 20.3 Å². The summed E-state index contributed by atoms with van der Waals surface area (Å²) in [4.78, 5) is -0.200. The first-order valence-corrected chi connectivity index (χ1v) is 12.2. The van der Waals surface area contributed by atoms with Crippen molar-refractivity contribution >= 4 is 15.7 Å². The van der Waals surface area contributed by atoms with Crippen LogP contribution in [0.15, 0.2) is 47.4 Å². The SMILES string of the molecule is COc1ccc(CCc2c(N)c(C)c(C(C)O)c(-c3ccccc3O)c2S(N)(=O)=O)cc1OC. The Kier molecular flexibility index (Phi) is 7.40. The van der Waals surface area contributed by atoms with Crippen LogP contribution in [-0.2, 0) is 22.9 Å². The molecule has 9 heteroatoms. The van der Waals surface area contributed by atoms with E-state index in [9.17, 15) is 18.6 Å². The third kappa shape index (κ3) is 4.82. The molecule has 0 saturated carbocycles. The number of aromatic hydroxyl groups is 1. The van der Waals surface area contributed by atoms with Crippen LogP contribution in [0, 0.1) is 6.92 Å². The molecular weight excluding hydrogens is 456 g/mol. The summed E-state index contributed by atoms with van der Waals surface area (Å²) in [7, 11) is -1.22. The number of phenols is 1. The molecule has 0 saturated heterocycles. The molecule has 0 heterocycles. The summed E-state index contributed by atoms with van der Waals surface area (Å²) < 4.78 is 36.5. The number of hydrogen-bond acceptors (Lipinski definition) is 7. The molecule has 0 radical (unpaired) electrons. The molecule has 182 valence electrons. The third-order valence-corrected chi connectivity index (χ3v) is 6.91. The lowest BCUT2D eigenvalue weighted by Gasteiger charge is -2.25. The molecular formula is C25H30N2O6S. The summed E-state index contributed by atoms with van der Waals surface area (Å²) in [5, 5.41) is 26.8. The molecule has 0 aliphatic rings. The monoisotopic (exact) mass is 486 g/mol. The minimum atomic E-state index is -4.30. The number of rotatable bonds is 8. The van der Waals surface area contributed by atoms with Crippen molar-refractivity contribution in [2.24, 2.45) is 5.14 Å². The van der Waals surface area contributed by atoms with Gasteiger partial charge in [-0.15, -0.1) is 0 Å². The van der Waals surface area contributed by atoms with Crippen LogP contribution in [0.2, 0.25) is 0 Å². The van der Waals surface area contributed by atoms with Gasteiger partial charge in [-0.2, -0.15) is 0 Å². The van der Waals surface area contributed by atoms with Crippen LogP contribution in [0.5, 0.6) is 17.2 Å². The van der Waals surface area contributed by atoms with E-state index in [4.69, 9.17) is 20.3 Å². The Morgan fingerprint density at radius 2 is 1.68 bits per heavy atom. The third-order valence-electron chi connectivity index (χ3n) is 5.89. The van der Waals surface area contributed by atoms with Gasteiger partial charge in [-0.1, -0.05) is 24.3 Å². The Bertz CT molecular complexity index is 1320. The molecule has 0 aliphatic carbocycles. The maximum absolute atomic E-state index is 12.9. The van der Waals surface area contributed by atoms with Crippen molar-refractivity contribution in [1.82, 2.24) is 0 Å². The lowest BCUT2D eigenvalue weighted by atomic mass is 9.87. The minimum absolute atomic E-state index is 0.135. The molecule has 0 spiro atoms. The van der Waals surface area contributed by atoms with Crippen molar-refractivity contribution < 1.29 is 28.1 Å². The Labute approximate surface area is 199 Å². The lowest BCUT2D eigenvalue weighted by Crippen LogP contribution is -2.20.